The summed E-state index contributed by atoms with van der Waals surface area (Å²) in [5, 5.41) is 0. The van der Waals surface area contributed by atoms with Crippen molar-refractivity contribution in [3.05, 3.63) is 78.9 Å². The molecule has 0 atom stereocenters. The third-order valence-corrected chi connectivity index (χ3v) is 1.81. The van der Waals surface area contributed by atoms with Gasteiger partial charge in [0.25, 0.3) is 0 Å². The van der Waals surface area contributed by atoms with Crippen LogP contribution in [0.2, 0.25) is 0 Å². The molecule has 70 valence electrons. The first-order valence-electron chi connectivity index (χ1n) is 4.55. The van der Waals surface area contributed by atoms with E-state index >= 15 is 0 Å². The molecule has 0 bridgehead atoms. The van der Waals surface area contributed by atoms with Crippen molar-refractivity contribution >= 4 is 6.08 Å². The lowest BCUT2D eigenvalue weighted by Gasteiger charge is -1.92. The molecule has 0 amide bonds. The third kappa shape index (κ3) is 3.28. The van der Waals surface area contributed by atoms with E-state index in [1.54, 1.807) is 12.2 Å². The van der Waals surface area contributed by atoms with Crippen molar-refractivity contribution in [2.75, 3.05) is 0 Å². The first-order valence-corrected chi connectivity index (χ1v) is 4.55. The zero-order chi connectivity index (χ0) is 10.2. The normalized spacial score (nSPS) is 11.6. The number of hydrogen-bond donors (Lipinski definition) is 0. The molecule has 0 nitrogen and oxygen atoms in total. The summed E-state index contributed by atoms with van der Waals surface area (Å²) in [5.74, 6) is 0. The second-order valence-electron chi connectivity index (χ2n) is 2.85. The minimum absolute atomic E-state index is 1.06. The molecule has 0 saturated carbocycles. The average Bonchev–Trinajstić information content (AvgIpc) is 2.25. The fourth-order valence-electron chi connectivity index (χ4n) is 1.08. The van der Waals surface area contributed by atoms with Gasteiger partial charge in [-0.3, -0.25) is 0 Å². The first-order chi connectivity index (χ1) is 6.86. The highest BCUT2D eigenvalue weighted by atomic mass is 13.9. The summed E-state index contributed by atoms with van der Waals surface area (Å²) in [6, 6.07) is 10.2. The quantitative estimate of drug-likeness (QED) is 0.617. The Hall–Kier alpha value is -1.82. The van der Waals surface area contributed by atoms with Crippen LogP contribution in [0.3, 0.4) is 0 Å². The van der Waals surface area contributed by atoms with Gasteiger partial charge in [-0.1, -0.05) is 73.9 Å². The van der Waals surface area contributed by atoms with Crippen LogP contribution in [-0.4, -0.2) is 0 Å². The van der Waals surface area contributed by atoms with Crippen molar-refractivity contribution in [1.29, 1.82) is 0 Å². The monoisotopic (exact) mass is 182 g/mol. The Morgan fingerprint density at radius 2 is 1.79 bits per heavy atom. The van der Waals surface area contributed by atoms with Gasteiger partial charge in [-0.25, -0.2) is 0 Å². The molecule has 0 fully saturated rings. The van der Waals surface area contributed by atoms with E-state index in [-0.39, 0.29) is 0 Å². The van der Waals surface area contributed by atoms with Gasteiger partial charge >= 0.3 is 0 Å². The van der Waals surface area contributed by atoms with Crippen molar-refractivity contribution in [1.82, 2.24) is 0 Å². The molecule has 0 aliphatic carbocycles. The molecule has 1 aromatic rings. The molecular formula is C14H14. The van der Waals surface area contributed by atoms with Crippen LogP contribution < -0.4 is 0 Å². The van der Waals surface area contributed by atoms with Crippen LogP contribution in [-0.2, 0) is 0 Å². The second-order valence-corrected chi connectivity index (χ2v) is 2.85. The van der Waals surface area contributed by atoms with Gasteiger partial charge in [0.1, 0.15) is 0 Å². The van der Waals surface area contributed by atoms with E-state index in [0.29, 0.717) is 0 Å². The maximum absolute atomic E-state index is 3.72. The summed E-state index contributed by atoms with van der Waals surface area (Å²) in [6.45, 7) is 7.37. The Morgan fingerprint density at radius 1 is 1.07 bits per heavy atom. The average molecular weight is 182 g/mol. The smallest absolute Gasteiger partial charge is 0.0256 e. The van der Waals surface area contributed by atoms with Crippen LogP contribution in [0, 0.1) is 0 Å². The summed E-state index contributed by atoms with van der Waals surface area (Å²) in [5.41, 5.74) is 2.24. The maximum atomic E-state index is 3.72. The number of benzene rings is 1. The Bertz CT molecular complexity index is 353. The summed E-state index contributed by atoms with van der Waals surface area (Å²) in [6.07, 6.45) is 9.56. The standard InChI is InChI=1S/C14H14/c1-3-8-13(4-2)11-12-14-9-6-5-7-10-14/h3-12H,1-2H2/b12-11+,13-8-. The summed E-state index contributed by atoms with van der Waals surface area (Å²) in [7, 11) is 0. The van der Waals surface area contributed by atoms with Crippen molar-refractivity contribution in [2.45, 2.75) is 0 Å². The molecule has 1 rings (SSSR count). The van der Waals surface area contributed by atoms with Gasteiger partial charge in [-0.2, -0.15) is 0 Å². The SMILES string of the molecule is C=C/C=C(C=C)\C=C\c1ccccc1. The molecule has 0 aromatic heterocycles. The van der Waals surface area contributed by atoms with Crippen LogP contribution in [0.15, 0.2) is 73.4 Å². The highest BCUT2D eigenvalue weighted by Gasteiger charge is 1.84. The number of rotatable bonds is 4. The van der Waals surface area contributed by atoms with Crippen molar-refractivity contribution < 1.29 is 0 Å². The maximum Gasteiger partial charge on any atom is -0.0256 e. The molecule has 0 N–H and O–H groups in total. The lowest BCUT2D eigenvalue weighted by atomic mass is 10.1. The van der Waals surface area contributed by atoms with Gasteiger partial charge < -0.3 is 0 Å². The highest BCUT2D eigenvalue weighted by molar-refractivity contribution is 5.54. The highest BCUT2D eigenvalue weighted by Crippen LogP contribution is 2.05. The number of hydrogen-bond acceptors (Lipinski definition) is 0. The third-order valence-electron chi connectivity index (χ3n) is 1.81. The molecule has 0 aliphatic rings. The van der Waals surface area contributed by atoms with Crippen molar-refractivity contribution in [3.63, 3.8) is 0 Å². The predicted molar refractivity (Wildman–Crippen MR) is 64.0 cm³/mol. The fourth-order valence-corrected chi connectivity index (χ4v) is 1.08. The summed E-state index contributed by atoms with van der Waals surface area (Å²) >= 11 is 0. The van der Waals surface area contributed by atoms with E-state index in [9.17, 15) is 0 Å². The Morgan fingerprint density at radius 3 is 2.36 bits per heavy atom. The molecule has 14 heavy (non-hydrogen) atoms. The van der Waals surface area contributed by atoms with Crippen LogP contribution in [0.5, 0.6) is 0 Å². The van der Waals surface area contributed by atoms with Gasteiger partial charge in [0, 0.05) is 0 Å². The molecule has 0 spiro atoms. The van der Waals surface area contributed by atoms with E-state index in [1.807, 2.05) is 30.4 Å². The Kier molecular flexibility index (Phi) is 4.22. The fraction of sp³-hybridized carbons (Fsp3) is 0. The Balaban J connectivity index is 2.77. The van der Waals surface area contributed by atoms with Gasteiger partial charge in [0.15, 0.2) is 0 Å². The lowest BCUT2D eigenvalue weighted by Crippen LogP contribution is -1.71. The summed E-state index contributed by atoms with van der Waals surface area (Å²) < 4.78 is 0. The molecule has 0 aliphatic heterocycles. The Labute approximate surface area is 85.6 Å². The van der Waals surface area contributed by atoms with E-state index in [4.69, 9.17) is 0 Å². The lowest BCUT2D eigenvalue weighted by molar-refractivity contribution is 1.64. The zero-order valence-electron chi connectivity index (χ0n) is 8.19. The van der Waals surface area contributed by atoms with E-state index in [0.717, 1.165) is 5.57 Å². The number of allylic oxidation sites excluding steroid dienone is 5. The topological polar surface area (TPSA) is 0 Å². The van der Waals surface area contributed by atoms with Gasteiger partial charge in [0.2, 0.25) is 0 Å². The van der Waals surface area contributed by atoms with Crippen LogP contribution in [0.4, 0.5) is 0 Å². The van der Waals surface area contributed by atoms with Crippen LogP contribution in [0.25, 0.3) is 6.08 Å². The molecule has 0 heterocycles. The van der Waals surface area contributed by atoms with Gasteiger partial charge in [-0.05, 0) is 11.1 Å². The first kappa shape index (κ1) is 10.3. The largest absolute Gasteiger partial charge is 0.0990 e. The van der Waals surface area contributed by atoms with Gasteiger partial charge in [-0.15, -0.1) is 0 Å². The zero-order valence-corrected chi connectivity index (χ0v) is 8.19. The molecule has 1 aromatic carbocycles. The van der Waals surface area contributed by atoms with Gasteiger partial charge in [0.05, 0.1) is 0 Å². The molecular weight excluding hydrogens is 168 g/mol. The van der Waals surface area contributed by atoms with Crippen LogP contribution in [0.1, 0.15) is 5.56 Å². The van der Waals surface area contributed by atoms with E-state index < -0.39 is 0 Å². The molecule has 0 radical (unpaired) electrons. The molecule has 0 heteroatoms. The summed E-state index contributed by atoms with van der Waals surface area (Å²) in [4.78, 5) is 0. The second kappa shape index (κ2) is 5.76. The molecule has 0 unspecified atom stereocenters. The minimum Gasteiger partial charge on any atom is -0.0990 e. The predicted octanol–water partition coefficient (Wildman–Crippen LogP) is 4.00. The van der Waals surface area contributed by atoms with Crippen molar-refractivity contribution in [3.8, 4) is 0 Å². The van der Waals surface area contributed by atoms with E-state index in [1.165, 1.54) is 5.56 Å². The van der Waals surface area contributed by atoms with Crippen molar-refractivity contribution in [2.24, 2.45) is 0 Å². The molecule has 0 saturated heterocycles. The van der Waals surface area contributed by atoms with Crippen LogP contribution >= 0.6 is 0 Å². The van der Waals surface area contributed by atoms with E-state index in [2.05, 4.69) is 31.4 Å². The minimum atomic E-state index is 1.06.